The summed E-state index contributed by atoms with van der Waals surface area (Å²) in [5.41, 5.74) is 3.93. The van der Waals surface area contributed by atoms with Gasteiger partial charge in [-0.1, -0.05) is 32.9 Å². The summed E-state index contributed by atoms with van der Waals surface area (Å²) in [6.45, 7) is 15.6. The van der Waals surface area contributed by atoms with Crippen molar-refractivity contribution in [1.82, 2.24) is 4.57 Å². The second kappa shape index (κ2) is 6.69. The molecule has 0 atom stereocenters. The molecule has 4 heteroatoms. The summed E-state index contributed by atoms with van der Waals surface area (Å²) >= 11 is 0. The first-order valence-electron chi connectivity index (χ1n) is 8.45. The van der Waals surface area contributed by atoms with Gasteiger partial charge in [0.05, 0.1) is 6.61 Å². The molecule has 0 bridgehead atoms. The van der Waals surface area contributed by atoms with Crippen LogP contribution in [0.3, 0.4) is 0 Å². The zero-order valence-corrected chi connectivity index (χ0v) is 16.9. The van der Waals surface area contributed by atoms with Crippen molar-refractivity contribution in [3.63, 3.8) is 0 Å². The van der Waals surface area contributed by atoms with E-state index in [1.54, 1.807) is 10.6 Å². The Hall–Kier alpha value is -1.65. The van der Waals surface area contributed by atoms with Gasteiger partial charge in [0.15, 0.2) is 8.32 Å². The van der Waals surface area contributed by atoms with Crippen molar-refractivity contribution >= 4 is 8.32 Å². The van der Waals surface area contributed by atoms with Crippen molar-refractivity contribution in [3.05, 3.63) is 63.6 Å². The second-order valence-electron chi connectivity index (χ2n) is 8.07. The van der Waals surface area contributed by atoms with Gasteiger partial charge in [0.1, 0.15) is 0 Å². The second-order valence-corrected chi connectivity index (χ2v) is 12.9. The molecule has 0 radical (unpaired) electrons. The fourth-order valence-corrected chi connectivity index (χ4v) is 3.39. The number of aryl methyl sites for hydroxylation is 2. The first-order valence-corrected chi connectivity index (χ1v) is 11.4. The fraction of sp³-hybridized carbons (Fsp3) is 0.450. The van der Waals surface area contributed by atoms with Crippen LogP contribution in [-0.4, -0.2) is 12.9 Å². The lowest BCUT2D eigenvalue weighted by atomic mass is 10.2. The molecular weight excluding hydrogens is 314 g/mol. The van der Waals surface area contributed by atoms with Gasteiger partial charge in [-0.25, -0.2) is 0 Å². The third kappa shape index (κ3) is 4.05. The molecule has 3 nitrogen and oxygen atoms in total. The summed E-state index contributed by atoms with van der Waals surface area (Å²) in [5, 5.41) is 0.165. The molecular formula is C20H29NO2Si. The number of pyridine rings is 1. The van der Waals surface area contributed by atoms with Gasteiger partial charge in [0.2, 0.25) is 0 Å². The van der Waals surface area contributed by atoms with Gasteiger partial charge in [-0.15, -0.1) is 0 Å². The van der Waals surface area contributed by atoms with E-state index in [1.807, 2.05) is 38.1 Å². The maximum atomic E-state index is 12.6. The van der Waals surface area contributed by atoms with Gasteiger partial charge in [-0.05, 0) is 61.3 Å². The smallest absolute Gasteiger partial charge is 0.255 e. The lowest BCUT2D eigenvalue weighted by Crippen LogP contribution is -2.40. The van der Waals surface area contributed by atoms with Crippen molar-refractivity contribution in [2.75, 3.05) is 0 Å². The van der Waals surface area contributed by atoms with Crippen LogP contribution in [0, 0.1) is 13.8 Å². The molecule has 0 aliphatic carbocycles. The first-order chi connectivity index (χ1) is 11.0. The Kier molecular flexibility index (Phi) is 5.21. The standard InChI is InChI=1S/C20H29NO2Si/c1-15-9-8-10-18(11-15)21-16(2)12-17(13-19(21)22)14-23-24(6,7)20(3,4)5/h8-13H,14H2,1-7H3. The summed E-state index contributed by atoms with van der Waals surface area (Å²) in [6.07, 6.45) is 0. The van der Waals surface area contributed by atoms with Crippen LogP contribution < -0.4 is 5.56 Å². The normalized spacial score (nSPS) is 12.5. The molecule has 0 amide bonds. The Bertz CT molecular complexity index is 785. The third-order valence-corrected chi connectivity index (χ3v) is 9.42. The molecule has 2 rings (SSSR count). The molecule has 0 aliphatic heterocycles. The zero-order chi connectivity index (χ0) is 18.1. The van der Waals surface area contributed by atoms with Gasteiger partial charge in [-0.3, -0.25) is 9.36 Å². The molecule has 1 aromatic heterocycles. The van der Waals surface area contributed by atoms with E-state index in [-0.39, 0.29) is 10.6 Å². The molecule has 1 aromatic carbocycles. The SMILES string of the molecule is Cc1cccc(-n2c(C)cc(CO[Si](C)(C)C(C)(C)C)cc2=O)c1. The Morgan fingerprint density at radius 3 is 2.29 bits per heavy atom. The lowest BCUT2D eigenvalue weighted by Gasteiger charge is -2.36. The predicted molar refractivity (Wildman–Crippen MR) is 103 cm³/mol. The monoisotopic (exact) mass is 343 g/mol. The molecule has 0 saturated carbocycles. The summed E-state index contributed by atoms with van der Waals surface area (Å²) in [5.74, 6) is 0. The van der Waals surface area contributed by atoms with Gasteiger partial charge in [0.25, 0.3) is 5.56 Å². The number of hydrogen-bond acceptors (Lipinski definition) is 2. The van der Waals surface area contributed by atoms with Gasteiger partial charge >= 0.3 is 0 Å². The van der Waals surface area contributed by atoms with E-state index in [0.29, 0.717) is 6.61 Å². The van der Waals surface area contributed by atoms with Crippen LogP contribution in [0.5, 0.6) is 0 Å². The van der Waals surface area contributed by atoms with Crippen molar-refractivity contribution in [3.8, 4) is 5.69 Å². The summed E-state index contributed by atoms with van der Waals surface area (Å²) < 4.78 is 8.00. The number of benzene rings is 1. The Morgan fingerprint density at radius 2 is 1.75 bits per heavy atom. The Labute approximate surface area is 146 Å². The van der Waals surface area contributed by atoms with Crippen LogP contribution in [-0.2, 0) is 11.0 Å². The first kappa shape index (κ1) is 18.7. The minimum absolute atomic E-state index is 0.00516. The van der Waals surface area contributed by atoms with Crippen LogP contribution in [0.25, 0.3) is 5.69 Å². The Balaban J connectivity index is 2.29. The van der Waals surface area contributed by atoms with Crippen LogP contribution in [0.2, 0.25) is 18.1 Å². The molecule has 24 heavy (non-hydrogen) atoms. The highest BCUT2D eigenvalue weighted by molar-refractivity contribution is 6.74. The van der Waals surface area contributed by atoms with Crippen molar-refractivity contribution in [2.45, 2.75) is 59.4 Å². The molecule has 2 aromatic rings. The van der Waals surface area contributed by atoms with Crippen LogP contribution >= 0.6 is 0 Å². The van der Waals surface area contributed by atoms with E-state index in [1.165, 1.54) is 0 Å². The minimum Gasteiger partial charge on any atom is -0.413 e. The average Bonchev–Trinajstić information content (AvgIpc) is 2.43. The van der Waals surface area contributed by atoms with E-state index < -0.39 is 8.32 Å². The van der Waals surface area contributed by atoms with Gasteiger partial charge in [-0.2, -0.15) is 0 Å². The molecule has 0 unspecified atom stereocenters. The van der Waals surface area contributed by atoms with E-state index in [9.17, 15) is 4.79 Å². The van der Waals surface area contributed by atoms with E-state index in [4.69, 9.17) is 4.43 Å². The van der Waals surface area contributed by atoms with Gasteiger partial charge < -0.3 is 4.43 Å². The number of aromatic nitrogens is 1. The van der Waals surface area contributed by atoms with Crippen LogP contribution in [0.1, 0.15) is 37.6 Å². The highest BCUT2D eigenvalue weighted by atomic mass is 28.4. The number of hydrogen-bond donors (Lipinski definition) is 0. The predicted octanol–water partition coefficient (Wildman–Crippen LogP) is 4.98. The quantitative estimate of drug-likeness (QED) is 0.733. The Morgan fingerprint density at radius 1 is 1.08 bits per heavy atom. The van der Waals surface area contributed by atoms with Crippen molar-refractivity contribution in [1.29, 1.82) is 0 Å². The maximum absolute atomic E-state index is 12.6. The minimum atomic E-state index is -1.82. The summed E-state index contributed by atoms with van der Waals surface area (Å²) in [6, 6.07) is 11.8. The highest BCUT2D eigenvalue weighted by Crippen LogP contribution is 2.37. The summed E-state index contributed by atoms with van der Waals surface area (Å²) in [7, 11) is -1.82. The van der Waals surface area contributed by atoms with Crippen molar-refractivity contribution < 1.29 is 4.43 Å². The lowest BCUT2D eigenvalue weighted by molar-refractivity contribution is 0.276. The average molecular weight is 344 g/mol. The third-order valence-electron chi connectivity index (χ3n) is 4.94. The fourth-order valence-electron chi connectivity index (χ4n) is 2.43. The largest absolute Gasteiger partial charge is 0.413 e. The molecule has 1 heterocycles. The van der Waals surface area contributed by atoms with E-state index in [0.717, 1.165) is 22.5 Å². The molecule has 0 fully saturated rings. The maximum Gasteiger partial charge on any atom is 0.255 e. The van der Waals surface area contributed by atoms with Crippen molar-refractivity contribution in [2.24, 2.45) is 0 Å². The van der Waals surface area contributed by atoms with Crippen LogP contribution in [0.4, 0.5) is 0 Å². The van der Waals surface area contributed by atoms with E-state index >= 15 is 0 Å². The zero-order valence-electron chi connectivity index (χ0n) is 15.9. The van der Waals surface area contributed by atoms with Gasteiger partial charge in [0, 0.05) is 17.4 Å². The molecule has 0 saturated heterocycles. The van der Waals surface area contributed by atoms with Crippen LogP contribution in [0.15, 0.2) is 41.2 Å². The summed E-state index contributed by atoms with van der Waals surface area (Å²) in [4.78, 5) is 12.6. The number of rotatable bonds is 4. The molecule has 130 valence electrons. The van der Waals surface area contributed by atoms with E-state index in [2.05, 4.69) is 39.9 Å². The molecule has 0 N–H and O–H groups in total. The molecule has 0 spiro atoms. The molecule has 0 aliphatic rings. The number of nitrogens with zero attached hydrogens (tertiary/aromatic N) is 1. The topological polar surface area (TPSA) is 31.2 Å². The highest BCUT2D eigenvalue weighted by Gasteiger charge is 2.37.